The van der Waals surface area contributed by atoms with Gasteiger partial charge in [-0.25, -0.2) is 4.39 Å². The van der Waals surface area contributed by atoms with E-state index < -0.39 is 0 Å². The van der Waals surface area contributed by atoms with Gasteiger partial charge in [-0.2, -0.15) is 0 Å². The zero-order valence-electron chi connectivity index (χ0n) is 10.6. The Hall–Kier alpha value is -0.900. The number of halogens is 2. The third kappa shape index (κ3) is 4.60. The van der Waals surface area contributed by atoms with Crippen LogP contribution in [0.3, 0.4) is 0 Å². The summed E-state index contributed by atoms with van der Waals surface area (Å²) in [5, 5.41) is 2.68. The number of nitrogens with two attached hydrogens (primary N) is 1. The summed E-state index contributed by atoms with van der Waals surface area (Å²) >= 11 is 7.81. The maximum atomic E-state index is 13.1. The lowest BCUT2D eigenvalue weighted by atomic mass is 10.0. The molecular formula is C15H17ClFNS. The molecule has 1 aromatic carbocycles. The molecule has 0 fully saturated rings. The van der Waals surface area contributed by atoms with Crippen molar-refractivity contribution >= 4 is 22.9 Å². The molecule has 0 aliphatic rings. The highest BCUT2D eigenvalue weighted by molar-refractivity contribution is 7.09. The maximum Gasteiger partial charge on any atom is 0.123 e. The largest absolute Gasteiger partial charge is 0.327 e. The fraction of sp³-hybridized carbons (Fsp3) is 0.333. The predicted octanol–water partition coefficient (Wildman–Crippen LogP) is 4.43. The van der Waals surface area contributed by atoms with E-state index in [9.17, 15) is 4.39 Å². The molecule has 0 bridgehead atoms. The van der Waals surface area contributed by atoms with Gasteiger partial charge in [0.15, 0.2) is 0 Å². The Bertz CT molecular complexity index is 513. The summed E-state index contributed by atoms with van der Waals surface area (Å²) in [7, 11) is 0. The third-order valence-electron chi connectivity index (χ3n) is 3.07. The van der Waals surface area contributed by atoms with E-state index in [0.717, 1.165) is 24.8 Å². The average molecular weight is 298 g/mol. The maximum absolute atomic E-state index is 13.1. The molecule has 2 N–H and O–H groups in total. The predicted molar refractivity (Wildman–Crippen MR) is 80.3 cm³/mol. The van der Waals surface area contributed by atoms with E-state index in [1.54, 1.807) is 17.4 Å². The SMILES string of the molecule is NC(CCCc1cccs1)Cc1cc(F)ccc1Cl. The Morgan fingerprint density at radius 1 is 1.32 bits per heavy atom. The molecule has 0 amide bonds. The highest BCUT2D eigenvalue weighted by atomic mass is 35.5. The molecule has 0 saturated carbocycles. The average Bonchev–Trinajstić information content (AvgIpc) is 2.87. The molecule has 1 nitrogen and oxygen atoms in total. The molecule has 2 aromatic rings. The highest BCUT2D eigenvalue weighted by Crippen LogP contribution is 2.20. The first-order valence-corrected chi connectivity index (χ1v) is 7.63. The summed E-state index contributed by atoms with van der Waals surface area (Å²) in [6, 6.07) is 8.66. The summed E-state index contributed by atoms with van der Waals surface area (Å²) in [6.07, 6.45) is 3.66. The van der Waals surface area contributed by atoms with E-state index in [1.165, 1.54) is 17.0 Å². The topological polar surface area (TPSA) is 26.0 Å². The van der Waals surface area contributed by atoms with Gasteiger partial charge < -0.3 is 5.73 Å². The number of hydrogen-bond donors (Lipinski definition) is 1. The van der Waals surface area contributed by atoms with Crippen molar-refractivity contribution in [1.29, 1.82) is 0 Å². The van der Waals surface area contributed by atoms with Gasteiger partial charge >= 0.3 is 0 Å². The van der Waals surface area contributed by atoms with Crippen molar-refractivity contribution in [3.05, 3.63) is 57.0 Å². The molecule has 1 unspecified atom stereocenters. The molecule has 0 radical (unpaired) electrons. The van der Waals surface area contributed by atoms with Crippen LogP contribution < -0.4 is 5.73 Å². The Morgan fingerprint density at radius 3 is 2.89 bits per heavy atom. The minimum absolute atomic E-state index is 0.0271. The number of thiophene rings is 1. The second-order valence-electron chi connectivity index (χ2n) is 4.67. The molecule has 0 aliphatic heterocycles. The van der Waals surface area contributed by atoms with Crippen LogP contribution >= 0.6 is 22.9 Å². The van der Waals surface area contributed by atoms with E-state index in [-0.39, 0.29) is 11.9 Å². The summed E-state index contributed by atoms with van der Waals surface area (Å²) in [5.74, 6) is -0.259. The summed E-state index contributed by atoms with van der Waals surface area (Å²) < 4.78 is 13.1. The molecule has 0 aliphatic carbocycles. The molecule has 0 saturated heterocycles. The van der Waals surface area contributed by atoms with Crippen LogP contribution in [0.4, 0.5) is 4.39 Å². The lowest BCUT2D eigenvalue weighted by Crippen LogP contribution is -2.23. The fourth-order valence-corrected chi connectivity index (χ4v) is 3.02. The minimum atomic E-state index is -0.259. The Kier molecular flexibility index (Phi) is 5.37. The van der Waals surface area contributed by atoms with Gasteiger partial charge in [0.25, 0.3) is 0 Å². The van der Waals surface area contributed by atoms with Gasteiger partial charge in [0.2, 0.25) is 0 Å². The second kappa shape index (κ2) is 7.04. The van der Waals surface area contributed by atoms with Crippen LogP contribution in [0.5, 0.6) is 0 Å². The Labute approximate surface area is 122 Å². The van der Waals surface area contributed by atoms with Crippen LogP contribution in [-0.4, -0.2) is 6.04 Å². The number of aryl methyl sites for hydroxylation is 1. The molecule has 4 heteroatoms. The molecule has 19 heavy (non-hydrogen) atoms. The molecule has 1 heterocycles. The van der Waals surface area contributed by atoms with Crippen molar-refractivity contribution in [2.45, 2.75) is 31.7 Å². The van der Waals surface area contributed by atoms with Gasteiger partial charge in [-0.15, -0.1) is 11.3 Å². The molecule has 1 aromatic heterocycles. The van der Waals surface area contributed by atoms with Gasteiger partial charge in [0, 0.05) is 15.9 Å². The lowest BCUT2D eigenvalue weighted by Gasteiger charge is -2.12. The van der Waals surface area contributed by atoms with E-state index in [1.807, 2.05) is 0 Å². The van der Waals surface area contributed by atoms with Gasteiger partial charge in [-0.05, 0) is 60.9 Å². The van der Waals surface area contributed by atoms with Crippen LogP contribution in [0.2, 0.25) is 5.02 Å². The second-order valence-corrected chi connectivity index (χ2v) is 6.11. The lowest BCUT2D eigenvalue weighted by molar-refractivity contribution is 0.577. The Morgan fingerprint density at radius 2 is 2.16 bits per heavy atom. The first-order valence-electron chi connectivity index (χ1n) is 6.37. The van der Waals surface area contributed by atoms with Gasteiger partial charge in [-0.1, -0.05) is 17.7 Å². The van der Waals surface area contributed by atoms with Crippen molar-refractivity contribution in [1.82, 2.24) is 0 Å². The van der Waals surface area contributed by atoms with Gasteiger partial charge in [0.1, 0.15) is 5.82 Å². The zero-order chi connectivity index (χ0) is 13.7. The Balaban J connectivity index is 1.80. The van der Waals surface area contributed by atoms with E-state index in [2.05, 4.69) is 17.5 Å². The van der Waals surface area contributed by atoms with Crippen LogP contribution in [-0.2, 0) is 12.8 Å². The number of hydrogen-bond acceptors (Lipinski definition) is 2. The van der Waals surface area contributed by atoms with E-state index >= 15 is 0 Å². The van der Waals surface area contributed by atoms with E-state index in [0.29, 0.717) is 11.4 Å². The van der Waals surface area contributed by atoms with Crippen molar-refractivity contribution in [3.63, 3.8) is 0 Å². The summed E-state index contributed by atoms with van der Waals surface area (Å²) in [5.41, 5.74) is 6.88. The molecule has 102 valence electrons. The quantitative estimate of drug-likeness (QED) is 0.838. The van der Waals surface area contributed by atoms with E-state index in [4.69, 9.17) is 17.3 Å². The van der Waals surface area contributed by atoms with Crippen molar-refractivity contribution in [2.24, 2.45) is 5.73 Å². The monoisotopic (exact) mass is 297 g/mol. The standard InChI is InChI=1S/C15H17ClFNS/c16-15-7-6-12(17)9-11(15)10-13(18)3-1-4-14-5-2-8-19-14/h2,5-9,13H,1,3-4,10,18H2. The first-order chi connectivity index (χ1) is 9.15. The van der Waals surface area contributed by atoms with Crippen molar-refractivity contribution in [2.75, 3.05) is 0 Å². The van der Waals surface area contributed by atoms with Crippen LogP contribution in [0.15, 0.2) is 35.7 Å². The van der Waals surface area contributed by atoms with Crippen molar-refractivity contribution < 1.29 is 4.39 Å². The van der Waals surface area contributed by atoms with Gasteiger partial charge in [0.05, 0.1) is 0 Å². The van der Waals surface area contributed by atoms with Crippen LogP contribution in [0, 0.1) is 5.82 Å². The van der Waals surface area contributed by atoms with Crippen molar-refractivity contribution in [3.8, 4) is 0 Å². The number of benzene rings is 1. The number of rotatable bonds is 6. The first kappa shape index (κ1) is 14.5. The summed E-state index contributed by atoms with van der Waals surface area (Å²) in [6.45, 7) is 0. The highest BCUT2D eigenvalue weighted by Gasteiger charge is 2.08. The molecule has 2 rings (SSSR count). The zero-order valence-corrected chi connectivity index (χ0v) is 12.2. The van der Waals surface area contributed by atoms with Crippen LogP contribution in [0.1, 0.15) is 23.3 Å². The molecule has 0 spiro atoms. The summed E-state index contributed by atoms with van der Waals surface area (Å²) in [4.78, 5) is 1.39. The van der Waals surface area contributed by atoms with Crippen LogP contribution in [0.25, 0.3) is 0 Å². The third-order valence-corrected chi connectivity index (χ3v) is 4.37. The molecular weight excluding hydrogens is 281 g/mol. The molecule has 1 atom stereocenters. The fourth-order valence-electron chi connectivity index (χ4n) is 2.08. The normalized spacial score (nSPS) is 12.6. The smallest absolute Gasteiger partial charge is 0.123 e. The minimum Gasteiger partial charge on any atom is -0.327 e. The van der Waals surface area contributed by atoms with Gasteiger partial charge in [-0.3, -0.25) is 0 Å².